The standard InChI is InChI=1S/C14H27NO3/c1-4-6-7-8-9-10-11-13(16)15(3)12-14(17)18-5-2/h4-12H2,1-3H3. The molecule has 0 spiro atoms. The minimum Gasteiger partial charge on any atom is -0.465 e. The SMILES string of the molecule is CCCCCCCCC(=O)N(C)CC(=O)OCC. The fourth-order valence-electron chi connectivity index (χ4n) is 1.74. The van der Waals surface area contributed by atoms with E-state index in [0.29, 0.717) is 13.0 Å². The van der Waals surface area contributed by atoms with Gasteiger partial charge >= 0.3 is 5.97 Å². The van der Waals surface area contributed by atoms with Crippen molar-refractivity contribution in [3.8, 4) is 0 Å². The maximum atomic E-state index is 11.7. The summed E-state index contributed by atoms with van der Waals surface area (Å²) in [5.41, 5.74) is 0. The Morgan fingerprint density at radius 2 is 1.61 bits per heavy atom. The molecule has 0 rings (SSSR count). The van der Waals surface area contributed by atoms with Crippen LogP contribution in [0.4, 0.5) is 0 Å². The number of ether oxygens (including phenoxy) is 1. The molecule has 0 aliphatic rings. The first kappa shape index (κ1) is 16.9. The Kier molecular flexibility index (Phi) is 10.4. The van der Waals surface area contributed by atoms with E-state index >= 15 is 0 Å². The highest BCUT2D eigenvalue weighted by Crippen LogP contribution is 2.07. The first-order valence-electron chi connectivity index (χ1n) is 7.01. The van der Waals surface area contributed by atoms with Gasteiger partial charge in [0.25, 0.3) is 0 Å². The Hall–Kier alpha value is -1.06. The number of nitrogens with zero attached hydrogens (tertiary/aromatic N) is 1. The molecule has 4 heteroatoms. The lowest BCUT2D eigenvalue weighted by Gasteiger charge is -2.15. The number of carbonyl (C=O) groups is 2. The predicted octanol–water partition coefficient (Wildman–Crippen LogP) is 2.76. The van der Waals surface area contributed by atoms with Gasteiger partial charge in [0.1, 0.15) is 6.54 Å². The lowest BCUT2D eigenvalue weighted by Crippen LogP contribution is -2.32. The van der Waals surface area contributed by atoms with Gasteiger partial charge in [-0.3, -0.25) is 9.59 Å². The van der Waals surface area contributed by atoms with Crippen LogP contribution in [0.5, 0.6) is 0 Å². The molecule has 0 saturated carbocycles. The second-order valence-corrected chi connectivity index (χ2v) is 4.57. The molecular formula is C14H27NO3. The van der Waals surface area contributed by atoms with E-state index in [2.05, 4.69) is 6.92 Å². The van der Waals surface area contributed by atoms with Crippen molar-refractivity contribution in [3.63, 3.8) is 0 Å². The van der Waals surface area contributed by atoms with E-state index in [1.54, 1.807) is 14.0 Å². The summed E-state index contributed by atoms with van der Waals surface area (Å²) in [6.07, 6.45) is 7.50. The van der Waals surface area contributed by atoms with Gasteiger partial charge in [0.2, 0.25) is 5.91 Å². The topological polar surface area (TPSA) is 46.6 Å². The molecule has 0 bridgehead atoms. The van der Waals surface area contributed by atoms with Gasteiger partial charge in [0, 0.05) is 13.5 Å². The van der Waals surface area contributed by atoms with Crippen LogP contribution in [0.1, 0.15) is 58.8 Å². The minimum absolute atomic E-state index is 0.0264. The molecule has 0 fully saturated rings. The fourth-order valence-corrected chi connectivity index (χ4v) is 1.74. The van der Waals surface area contributed by atoms with Crippen molar-refractivity contribution in [1.82, 2.24) is 4.90 Å². The molecule has 0 aliphatic heterocycles. The van der Waals surface area contributed by atoms with E-state index in [4.69, 9.17) is 4.74 Å². The van der Waals surface area contributed by atoms with Crippen LogP contribution < -0.4 is 0 Å². The molecule has 1 amide bonds. The summed E-state index contributed by atoms with van der Waals surface area (Å²) in [6.45, 7) is 4.37. The third kappa shape index (κ3) is 9.02. The fraction of sp³-hybridized carbons (Fsp3) is 0.857. The lowest BCUT2D eigenvalue weighted by atomic mass is 10.1. The summed E-state index contributed by atoms with van der Waals surface area (Å²) < 4.78 is 4.80. The third-order valence-electron chi connectivity index (χ3n) is 2.84. The highest BCUT2D eigenvalue weighted by molar-refractivity contribution is 5.81. The molecule has 0 N–H and O–H groups in total. The van der Waals surface area contributed by atoms with Crippen LogP contribution in [0.3, 0.4) is 0 Å². The number of esters is 1. The summed E-state index contributed by atoms with van der Waals surface area (Å²) in [7, 11) is 1.65. The summed E-state index contributed by atoms with van der Waals surface area (Å²) in [6, 6.07) is 0. The Bertz CT molecular complexity index is 241. The van der Waals surface area contributed by atoms with Crippen molar-refractivity contribution in [2.24, 2.45) is 0 Å². The Morgan fingerprint density at radius 3 is 2.22 bits per heavy atom. The van der Waals surface area contributed by atoms with Gasteiger partial charge in [-0.05, 0) is 13.3 Å². The van der Waals surface area contributed by atoms with Crippen LogP contribution in [0.2, 0.25) is 0 Å². The molecule has 0 unspecified atom stereocenters. The van der Waals surface area contributed by atoms with E-state index in [1.165, 1.54) is 30.6 Å². The summed E-state index contributed by atoms with van der Waals surface area (Å²) >= 11 is 0. The van der Waals surface area contributed by atoms with Gasteiger partial charge in [-0.15, -0.1) is 0 Å². The van der Waals surface area contributed by atoms with Gasteiger partial charge in [-0.1, -0.05) is 39.0 Å². The molecular weight excluding hydrogens is 230 g/mol. The smallest absolute Gasteiger partial charge is 0.325 e. The average molecular weight is 257 g/mol. The predicted molar refractivity (Wildman–Crippen MR) is 72.3 cm³/mol. The van der Waals surface area contributed by atoms with Crippen LogP contribution in [-0.4, -0.2) is 37.0 Å². The molecule has 0 saturated heterocycles. The molecule has 0 aromatic heterocycles. The number of amides is 1. The first-order chi connectivity index (χ1) is 8.61. The second-order valence-electron chi connectivity index (χ2n) is 4.57. The number of hydrogen-bond acceptors (Lipinski definition) is 3. The van der Waals surface area contributed by atoms with Crippen LogP contribution >= 0.6 is 0 Å². The maximum absolute atomic E-state index is 11.7. The molecule has 0 radical (unpaired) electrons. The van der Waals surface area contributed by atoms with Gasteiger partial charge < -0.3 is 9.64 Å². The quantitative estimate of drug-likeness (QED) is 0.446. The first-order valence-corrected chi connectivity index (χ1v) is 7.01. The monoisotopic (exact) mass is 257 g/mol. The van der Waals surface area contributed by atoms with E-state index in [1.807, 2.05) is 0 Å². The molecule has 0 aromatic carbocycles. The number of hydrogen-bond donors (Lipinski definition) is 0. The van der Waals surface area contributed by atoms with Crippen molar-refractivity contribution in [2.45, 2.75) is 58.8 Å². The molecule has 0 heterocycles. The number of rotatable bonds is 10. The minimum atomic E-state index is -0.337. The normalized spacial score (nSPS) is 10.2. The third-order valence-corrected chi connectivity index (χ3v) is 2.84. The number of carbonyl (C=O) groups excluding carboxylic acids is 2. The van der Waals surface area contributed by atoms with Crippen LogP contribution in [-0.2, 0) is 14.3 Å². The Labute approximate surface area is 111 Å². The highest BCUT2D eigenvalue weighted by atomic mass is 16.5. The largest absolute Gasteiger partial charge is 0.465 e. The van der Waals surface area contributed by atoms with Crippen LogP contribution in [0, 0.1) is 0 Å². The van der Waals surface area contributed by atoms with Crippen LogP contribution in [0.25, 0.3) is 0 Å². The molecule has 0 aliphatic carbocycles. The molecule has 0 aromatic rings. The summed E-state index contributed by atoms with van der Waals surface area (Å²) in [5, 5.41) is 0. The number of likely N-dealkylation sites (N-methyl/N-ethyl adjacent to an activating group) is 1. The Morgan fingerprint density at radius 1 is 1.00 bits per heavy atom. The van der Waals surface area contributed by atoms with Gasteiger partial charge in [-0.25, -0.2) is 0 Å². The van der Waals surface area contributed by atoms with Crippen LogP contribution in [0.15, 0.2) is 0 Å². The van der Waals surface area contributed by atoms with Crippen molar-refractivity contribution in [2.75, 3.05) is 20.2 Å². The van der Waals surface area contributed by atoms with E-state index in [0.717, 1.165) is 12.8 Å². The van der Waals surface area contributed by atoms with Crippen molar-refractivity contribution >= 4 is 11.9 Å². The van der Waals surface area contributed by atoms with Crippen molar-refractivity contribution < 1.29 is 14.3 Å². The lowest BCUT2D eigenvalue weighted by molar-refractivity contribution is -0.148. The van der Waals surface area contributed by atoms with E-state index in [-0.39, 0.29) is 18.4 Å². The molecule has 18 heavy (non-hydrogen) atoms. The zero-order valence-electron chi connectivity index (χ0n) is 12.0. The van der Waals surface area contributed by atoms with E-state index < -0.39 is 0 Å². The maximum Gasteiger partial charge on any atom is 0.325 e. The zero-order chi connectivity index (χ0) is 13.8. The van der Waals surface area contributed by atoms with Crippen molar-refractivity contribution in [1.29, 1.82) is 0 Å². The second kappa shape index (κ2) is 11.1. The van der Waals surface area contributed by atoms with Gasteiger partial charge in [-0.2, -0.15) is 0 Å². The van der Waals surface area contributed by atoms with Crippen molar-refractivity contribution in [3.05, 3.63) is 0 Å². The number of unbranched alkanes of at least 4 members (excludes halogenated alkanes) is 5. The zero-order valence-corrected chi connectivity index (χ0v) is 12.0. The van der Waals surface area contributed by atoms with E-state index in [9.17, 15) is 9.59 Å². The molecule has 4 nitrogen and oxygen atoms in total. The summed E-state index contributed by atoms with van der Waals surface area (Å²) in [4.78, 5) is 24.3. The average Bonchev–Trinajstić information content (AvgIpc) is 2.33. The molecule has 106 valence electrons. The summed E-state index contributed by atoms with van der Waals surface area (Å²) in [5.74, 6) is -0.310. The molecule has 0 atom stereocenters. The van der Waals surface area contributed by atoms with Gasteiger partial charge in [0.05, 0.1) is 6.61 Å². The van der Waals surface area contributed by atoms with Gasteiger partial charge in [0.15, 0.2) is 0 Å². The Balaban J connectivity index is 3.58. The highest BCUT2D eigenvalue weighted by Gasteiger charge is 2.12.